The van der Waals surface area contributed by atoms with Crippen molar-refractivity contribution >= 4 is 16.9 Å². The number of fused-ring (bicyclic) bond motifs is 1. The van der Waals surface area contributed by atoms with E-state index in [0.717, 1.165) is 43.7 Å². The molecule has 1 aromatic carbocycles. The number of rotatable bonds is 7. The Morgan fingerprint density at radius 1 is 1.19 bits per heavy atom. The highest BCUT2D eigenvalue weighted by Crippen LogP contribution is 2.33. The lowest BCUT2D eigenvalue weighted by Crippen LogP contribution is -2.36. The minimum Gasteiger partial charge on any atom is -0.396 e. The topological polar surface area (TPSA) is 90.6 Å². The summed E-state index contributed by atoms with van der Waals surface area (Å²) in [5.41, 5.74) is 5.48. The van der Waals surface area contributed by atoms with Crippen LogP contribution in [0.1, 0.15) is 47.2 Å². The highest BCUT2D eigenvalue weighted by atomic mass is 16.5. The highest BCUT2D eigenvalue weighted by molar-refractivity contribution is 5.93. The molecule has 0 radical (unpaired) electrons. The summed E-state index contributed by atoms with van der Waals surface area (Å²) in [6, 6.07) is 11.5. The largest absolute Gasteiger partial charge is 0.396 e. The molecule has 0 bridgehead atoms. The van der Waals surface area contributed by atoms with E-state index in [1.165, 1.54) is 10.9 Å². The number of hydrogen-bond donors (Lipinski definition) is 3. The first-order chi connectivity index (χ1) is 15.1. The Bertz CT molecular complexity index is 1020. The average Bonchev–Trinajstić information content (AvgIpc) is 3.22. The average molecular weight is 423 g/mol. The van der Waals surface area contributed by atoms with Gasteiger partial charge in [-0.3, -0.25) is 10.0 Å². The number of carbonyl (C=O) groups excluding carboxylic acids is 1. The van der Waals surface area contributed by atoms with Crippen molar-refractivity contribution in [1.29, 1.82) is 0 Å². The van der Waals surface area contributed by atoms with Gasteiger partial charge in [-0.05, 0) is 73.2 Å². The first-order valence-corrected chi connectivity index (χ1v) is 10.9. The first-order valence-electron chi connectivity index (χ1n) is 10.9. The maximum atomic E-state index is 11.5. The van der Waals surface area contributed by atoms with Crippen molar-refractivity contribution in [3.05, 3.63) is 65.5 Å². The van der Waals surface area contributed by atoms with Crippen molar-refractivity contribution in [1.82, 2.24) is 19.9 Å². The van der Waals surface area contributed by atoms with Gasteiger partial charge < -0.3 is 14.6 Å². The summed E-state index contributed by atoms with van der Waals surface area (Å²) >= 11 is 0. The van der Waals surface area contributed by atoms with Crippen LogP contribution in [0.2, 0.25) is 0 Å². The standard InChI is InChI=1S/C24H30N4O3/c1-17(16-29)14-27-11-7-19(8-12-27)21-6-10-25-23-22(21)9-13-28(23)15-18-2-4-20(5-3-18)24(30)26-31/h2-6,9-10,13,17,19,29,31H,7-8,11-12,14-16H2,1H3,(H,26,30). The third-order valence-corrected chi connectivity index (χ3v) is 6.28. The summed E-state index contributed by atoms with van der Waals surface area (Å²) in [7, 11) is 0. The number of hydrogen-bond acceptors (Lipinski definition) is 5. The van der Waals surface area contributed by atoms with E-state index in [1.807, 2.05) is 18.3 Å². The maximum absolute atomic E-state index is 11.5. The fraction of sp³-hybridized carbons (Fsp3) is 0.417. The third kappa shape index (κ3) is 4.79. The zero-order chi connectivity index (χ0) is 21.8. The van der Waals surface area contributed by atoms with Crippen molar-refractivity contribution in [2.75, 3.05) is 26.2 Å². The fourth-order valence-electron chi connectivity index (χ4n) is 4.54. The number of hydroxylamine groups is 1. The molecule has 4 rings (SSSR count). The second-order valence-electron chi connectivity index (χ2n) is 8.58. The van der Waals surface area contributed by atoms with Gasteiger partial charge in [-0.15, -0.1) is 0 Å². The summed E-state index contributed by atoms with van der Waals surface area (Å²) < 4.78 is 2.14. The van der Waals surface area contributed by atoms with E-state index in [2.05, 4.69) is 39.7 Å². The van der Waals surface area contributed by atoms with Crippen LogP contribution in [0, 0.1) is 5.92 Å². The molecule has 0 aliphatic carbocycles. The molecule has 7 nitrogen and oxygen atoms in total. The number of benzene rings is 1. The molecule has 1 unspecified atom stereocenters. The lowest BCUT2D eigenvalue weighted by atomic mass is 9.88. The Morgan fingerprint density at radius 3 is 2.61 bits per heavy atom. The van der Waals surface area contributed by atoms with Crippen LogP contribution < -0.4 is 5.48 Å². The number of pyridine rings is 1. The van der Waals surface area contributed by atoms with E-state index >= 15 is 0 Å². The molecule has 1 amide bonds. The van der Waals surface area contributed by atoms with Gasteiger partial charge in [0.1, 0.15) is 5.65 Å². The van der Waals surface area contributed by atoms with Gasteiger partial charge in [0.2, 0.25) is 0 Å². The normalized spacial score (nSPS) is 16.5. The van der Waals surface area contributed by atoms with E-state index in [9.17, 15) is 9.90 Å². The minimum absolute atomic E-state index is 0.246. The Hall–Kier alpha value is -2.74. The molecular weight excluding hydrogens is 392 g/mol. The van der Waals surface area contributed by atoms with Gasteiger partial charge in [0.05, 0.1) is 0 Å². The number of aromatic nitrogens is 2. The van der Waals surface area contributed by atoms with Gasteiger partial charge in [0.15, 0.2) is 0 Å². The lowest BCUT2D eigenvalue weighted by Gasteiger charge is -2.33. The number of likely N-dealkylation sites (tertiary alicyclic amines) is 1. The van der Waals surface area contributed by atoms with Gasteiger partial charge in [-0.25, -0.2) is 10.5 Å². The van der Waals surface area contributed by atoms with Gasteiger partial charge in [-0.1, -0.05) is 19.1 Å². The van der Waals surface area contributed by atoms with Crippen LogP contribution in [0.4, 0.5) is 0 Å². The predicted octanol–water partition coefficient (Wildman–Crippen LogP) is 3.01. The van der Waals surface area contributed by atoms with E-state index in [-0.39, 0.29) is 6.61 Å². The Labute approximate surface area is 182 Å². The fourth-order valence-corrected chi connectivity index (χ4v) is 4.54. The molecule has 1 atom stereocenters. The van der Waals surface area contributed by atoms with Gasteiger partial charge >= 0.3 is 0 Å². The second-order valence-corrected chi connectivity index (χ2v) is 8.58. The number of nitrogens with one attached hydrogen (secondary N) is 1. The maximum Gasteiger partial charge on any atom is 0.274 e. The van der Waals surface area contributed by atoms with Crippen molar-refractivity contribution in [2.45, 2.75) is 32.2 Å². The SMILES string of the molecule is CC(CO)CN1CCC(c2ccnc3c2ccn3Cc2ccc(C(=O)NO)cc2)CC1. The monoisotopic (exact) mass is 422 g/mol. The molecule has 3 heterocycles. The van der Waals surface area contributed by atoms with Crippen molar-refractivity contribution in [3.63, 3.8) is 0 Å². The number of piperidine rings is 1. The van der Waals surface area contributed by atoms with Crippen LogP contribution in [0.15, 0.2) is 48.8 Å². The number of aliphatic hydroxyl groups is 1. The predicted molar refractivity (Wildman–Crippen MR) is 119 cm³/mol. The molecule has 1 aliphatic rings. The molecule has 7 heteroatoms. The van der Waals surface area contributed by atoms with E-state index in [4.69, 9.17) is 5.21 Å². The molecule has 31 heavy (non-hydrogen) atoms. The molecule has 2 aromatic heterocycles. The van der Waals surface area contributed by atoms with E-state index in [1.54, 1.807) is 17.6 Å². The summed E-state index contributed by atoms with van der Waals surface area (Å²) in [6.45, 7) is 6.09. The van der Waals surface area contributed by atoms with Gasteiger partial charge in [-0.2, -0.15) is 0 Å². The van der Waals surface area contributed by atoms with E-state index < -0.39 is 5.91 Å². The van der Waals surface area contributed by atoms with Crippen LogP contribution in [0.5, 0.6) is 0 Å². The Morgan fingerprint density at radius 2 is 1.94 bits per heavy atom. The smallest absolute Gasteiger partial charge is 0.274 e. The molecule has 3 N–H and O–H groups in total. The number of carbonyl (C=O) groups is 1. The molecule has 1 aliphatic heterocycles. The summed E-state index contributed by atoms with van der Waals surface area (Å²) in [5, 5.41) is 19.3. The van der Waals surface area contributed by atoms with Crippen LogP contribution in [-0.2, 0) is 6.54 Å². The molecule has 164 valence electrons. The zero-order valence-corrected chi connectivity index (χ0v) is 17.9. The highest BCUT2D eigenvalue weighted by Gasteiger charge is 2.23. The van der Waals surface area contributed by atoms with Gasteiger partial charge in [0, 0.05) is 43.0 Å². The van der Waals surface area contributed by atoms with Crippen LogP contribution >= 0.6 is 0 Å². The lowest BCUT2D eigenvalue weighted by molar-refractivity contribution is 0.0706. The quantitative estimate of drug-likeness (QED) is 0.402. The Balaban J connectivity index is 1.48. The van der Waals surface area contributed by atoms with E-state index in [0.29, 0.717) is 23.9 Å². The molecule has 0 saturated carbocycles. The van der Waals surface area contributed by atoms with Crippen LogP contribution in [0.25, 0.3) is 11.0 Å². The minimum atomic E-state index is -0.513. The molecule has 3 aromatic rings. The van der Waals surface area contributed by atoms with Gasteiger partial charge in [0.25, 0.3) is 5.91 Å². The number of amides is 1. The first kappa shape index (κ1) is 21.5. The third-order valence-electron chi connectivity index (χ3n) is 6.28. The van der Waals surface area contributed by atoms with Crippen LogP contribution in [-0.4, -0.2) is 56.9 Å². The Kier molecular flexibility index (Phi) is 6.65. The second kappa shape index (κ2) is 9.60. The summed E-state index contributed by atoms with van der Waals surface area (Å²) in [5.74, 6) is 0.338. The zero-order valence-electron chi connectivity index (χ0n) is 17.9. The molecule has 1 saturated heterocycles. The number of aliphatic hydroxyl groups excluding tert-OH is 1. The van der Waals surface area contributed by atoms with Crippen LogP contribution in [0.3, 0.4) is 0 Å². The molecule has 0 spiro atoms. The molecular formula is C24H30N4O3. The summed E-state index contributed by atoms with van der Waals surface area (Å²) in [6.07, 6.45) is 6.23. The van der Waals surface area contributed by atoms with Crippen molar-refractivity contribution in [3.8, 4) is 0 Å². The molecule has 1 fully saturated rings. The number of nitrogens with zero attached hydrogens (tertiary/aromatic N) is 3. The van der Waals surface area contributed by atoms with Crippen molar-refractivity contribution in [2.24, 2.45) is 5.92 Å². The van der Waals surface area contributed by atoms with Crippen molar-refractivity contribution < 1.29 is 15.1 Å². The summed E-state index contributed by atoms with van der Waals surface area (Å²) in [4.78, 5) is 18.6.